The van der Waals surface area contributed by atoms with Crippen LogP contribution in [-0.4, -0.2) is 30.9 Å². The van der Waals surface area contributed by atoms with E-state index in [1.54, 1.807) is 43.9 Å². The van der Waals surface area contributed by atoms with Gasteiger partial charge >= 0.3 is 0 Å². The summed E-state index contributed by atoms with van der Waals surface area (Å²) in [6, 6.07) is 8.90. The lowest BCUT2D eigenvalue weighted by Crippen LogP contribution is -2.35. The molecule has 0 bridgehead atoms. The fourth-order valence-electron chi connectivity index (χ4n) is 2.00. The molecular formula is C16H19NO3. The molecule has 1 aromatic carbocycles. The number of carbonyl (C=O) groups excluding carboxylic acids is 1. The molecule has 0 saturated heterocycles. The first-order chi connectivity index (χ1) is 9.61. The van der Waals surface area contributed by atoms with Crippen molar-refractivity contribution in [2.24, 2.45) is 0 Å². The van der Waals surface area contributed by atoms with Crippen LogP contribution in [0.25, 0.3) is 0 Å². The van der Waals surface area contributed by atoms with Gasteiger partial charge in [-0.25, -0.2) is 0 Å². The number of carbonyl (C=O) groups is 1. The predicted octanol–water partition coefficient (Wildman–Crippen LogP) is 2.99. The van der Waals surface area contributed by atoms with Crippen LogP contribution in [0, 0.1) is 0 Å². The molecule has 0 N–H and O–H groups in total. The highest BCUT2D eigenvalue weighted by molar-refractivity contribution is 5.99. The van der Waals surface area contributed by atoms with Crippen molar-refractivity contribution in [3.8, 4) is 5.75 Å². The zero-order valence-corrected chi connectivity index (χ0v) is 12.0. The maximum Gasteiger partial charge on any atom is 0.179 e. The summed E-state index contributed by atoms with van der Waals surface area (Å²) in [4.78, 5) is 14.4. The number of hydrogen-bond acceptors (Lipinski definition) is 4. The molecule has 0 fully saturated rings. The Morgan fingerprint density at radius 1 is 1.30 bits per heavy atom. The largest absolute Gasteiger partial charge is 0.497 e. The molecule has 106 valence electrons. The molecule has 1 atom stereocenters. The van der Waals surface area contributed by atoms with E-state index in [2.05, 4.69) is 0 Å². The Bertz CT molecular complexity index is 546. The monoisotopic (exact) mass is 273 g/mol. The van der Waals surface area contributed by atoms with Gasteiger partial charge in [-0.1, -0.05) is 0 Å². The van der Waals surface area contributed by atoms with E-state index in [1.165, 1.54) is 0 Å². The van der Waals surface area contributed by atoms with Crippen LogP contribution in [0.15, 0.2) is 47.3 Å². The van der Waals surface area contributed by atoms with E-state index in [1.807, 2.05) is 24.9 Å². The molecule has 0 amide bonds. The molecule has 0 aliphatic carbocycles. The van der Waals surface area contributed by atoms with Crippen molar-refractivity contribution in [1.29, 1.82) is 0 Å². The summed E-state index contributed by atoms with van der Waals surface area (Å²) in [5.74, 6) is 0.847. The molecule has 1 heterocycles. The van der Waals surface area contributed by atoms with Gasteiger partial charge in [0, 0.05) is 17.7 Å². The minimum absolute atomic E-state index is 0.0960. The number of benzene rings is 1. The highest BCUT2D eigenvalue weighted by atomic mass is 16.5. The van der Waals surface area contributed by atoms with Crippen LogP contribution in [0.1, 0.15) is 22.8 Å². The molecule has 4 heteroatoms. The summed E-state index contributed by atoms with van der Waals surface area (Å²) in [6.07, 6.45) is 3.33. The topological polar surface area (TPSA) is 42.7 Å². The summed E-state index contributed by atoms with van der Waals surface area (Å²) >= 11 is 0. The second-order valence-corrected chi connectivity index (χ2v) is 4.82. The van der Waals surface area contributed by atoms with Gasteiger partial charge in [-0.2, -0.15) is 0 Å². The molecule has 0 aliphatic heterocycles. The van der Waals surface area contributed by atoms with Crippen LogP contribution in [0.3, 0.4) is 0 Å². The Hall–Kier alpha value is -2.07. The number of ether oxygens (including phenoxy) is 1. The molecule has 1 aromatic heterocycles. The summed E-state index contributed by atoms with van der Waals surface area (Å²) in [7, 11) is 3.54. The van der Waals surface area contributed by atoms with Gasteiger partial charge in [-0.05, 0) is 44.3 Å². The lowest BCUT2D eigenvalue weighted by molar-refractivity contribution is 0.0862. The fraction of sp³-hybridized carbons (Fsp3) is 0.312. The van der Waals surface area contributed by atoms with Gasteiger partial charge in [0.15, 0.2) is 5.78 Å². The summed E-state index contributed by atoms with van der Waals surface area (Å²) < 4.78 is 10.1. The molecule has 4 nitrogen and oxygen atoms in total. The quantitative estimate of drug-likeness (QED) is 0.759. The molecule has 2 aromatic rings. The number of nitrogens with zero attached hydrogens (tertiary/aromatic N) is 1. The lowest BCUT2D eigenvalue weighted by Gasteiger charge is -2.23. The number of furan rings is 1. The van der Waals surface area contributed by atoms with E-state index in [9.17, 15) is 4.79 Å². The molecule has 2 rings (SSSR count). The maximum absolute atomic E-state index is 12.4. The van der Waals surface area contributed by atoms with Crippen LogP contribution in [0.2, 0.25) is 0 Å². The van der Waals surface area contributed by atoms with Crippen molar-refractivity contribution >= 4 is 5.78 Å². The normalized spacial score (nSPS) is 12.4. The average Bonchev–Trinajstić information content (AvgIpc) is 2.98. The smallest absolute Gasteiger partial charge is 0.179 e. The predicted molar refractivity (Wildman–Crippen MR) is 77.0 cm³/mol. The third-order valence-electron chi connectivity index (χ3n) is 3.43. The van der Waals surface area contributed by atoms with Crippen molar-refractivity contribution in [2.45, 2.75) is 19.5 Å². The molecule has 0 aliphatic rings. The first-order valence-electron chi connectivity index (χ1n) is 6.51. The highest BCUT2D eigenvalue weighted by Crippen LogP contribution is 2.15. The average molecular weight is 273 g/mol. The molecule has 1 unspecified atom stereocenters. The first kappa shape index (κ1) is 14.3. The van der Waals surface area contributed by atoms with E-state index in [0.29, 0.717) is 12.1 Å². The molecule has 0 radical (unpaired) electrons. The van der Waals surface area contributed by atoms with Crippen molar-refractivity contribution in [3.05, 3.63) is 54.0 Å². The minimum Gasteiger partial charge on any atom is -0.497 e. The zero-order chi connectivity index (χ0) is 14.5. The standard InChI is InChI=1S/C16H19NO3/c1-12(17(2)10-13-8-9-20-11-13)16(18)14-4-6-15(19-3)7-5-14/h4-9,11-12H,10H2,1-3H3. The van der Waals surface area contributed by atoms with Gasteiger partial charge in [0.1, 0.15) is 5.75 Å². The van der Waals surface area contributed by atoms with Crippen molar-refractivity contribution < 1.29 is 13.9 Å². The maximum atomic E-state index is 12.4. The van der Waals surface area contributed by atoms with Crippen molar-refractivity contribution in [3.63, 3.8) is 0 Å². The van der Waals surface area contributed by atoms with Crippen LogP contribution < -0.4 is 4.74 Å². The summed E-state index contributed by atoms with van der Waals surface area (Å²) in [6.45, 7) is 2.59. The minimum atomic E-state index is -0.196. The zero-order valence-electron chi connectivity index (χ0n) is 12.0. The van der Waals surface area contributed by atoms with Gasteiger partial charge in [-0.3, -0.25) is 9.69 Å². The first-order valence-corrected chi connectivity index (χ1v) is 6.51. The molecular weight excluding hydrogens is 254 g/mol. The van der Waals surface area contributed by atoms with Crippen LogP contribution in [0.4, 0.5) is 0 Å². The Balaban J connectivity index is 2.03. The van der Waals surface area contributed by atoms with Crippen molar-refractivity contribution in [1.82, 2.24) is 4.90 Å². The molecule has 20 heavy (non-hydrogen) atoms. The second-order valence-electron chi connectivity index (χ2n) is 4.82. The van der Waals surface area contributed by atoms with Gasteiger partial charge in [0.25, 0.3) is 0 Å². The summed E-state index contributed by atoms with van der Waals surface area (Å²) in [5.41, 5.74) is 1.75. The van der Waals surface area contributed by atoms with E-state index in [-0.39, 0.29) is 11.8 Å². The van der Waals surface area contributed by atoms with Crippen LogP contribution >= 0.6 is 0 Å². The number of Topliss-reactive ketones (excluding diaryl/α,β-unsaturated/α-hetero) is 1. The SMILES string of the molecule is COc1ccc(C(=O)C(C)N(C)Cc2ccoc2)cc1. The Labute approximate surface area is 119 Å². The Morgan fingerprint density at radius 3 is 2.55 bits per heavy atom. The van der Waals surface area contributed by atoms with E-state index in [4.69, 9.17) is 9.15 Å². The number of ketones is 1. The van der Waals surface area contributed by atoms with Crippen molar-refractivity contribution in [2.75, 3.05) is 14.2 Å². The highest BCUT2D eigenvalue weighted by Gasteiger charge is 2.20. The molecule has 0 spiro atoms. The third-order valence-corrected chi connectivity index (χ3v) is 3.43. The van der Waals surface area contributed by atoms with Gasteiger partial charge in [0.05, 0.1) is 25.7 Å². The lowest BCUT2D eigenvalue weighted by atomic mass is 10.0. The number of methoxy groups -OCH3 is 1. The number of hydrogen-bond donors (Lipinski definition) is 0. The number of rotatable bonds is 6. The fourth-order valence-corrected chi connectivity index (χ4v) is 2.00. The van der Waals surface area contributed by atoms with E-state index in [0.717, 1.165) is 11.3 Å². The number of likely N-dealkylation sites (N-methyl/N-ethyl adjacent to an activating group) is 1. The van der Waals surface area contributed by atoms with Gasteiger partial charge in [-0.15, -0.1) is 0 Å². The second kappa shape index (κ2) is 6.39. The molecule has 0 saturated carbocycles. The van der Waals surface area contributed by atoms with Crippen LogP contribution in [-0.2, 0) is 6.54 Å². The van der Waals surface area contributed by atoms with E-state index < -0.39 is 0 Å². The third kappa shape index (κ3) is 3.27. The van der Waals surface area contributed by atoms with E-state index >= 15 is 0 Å². The van der Waals surface area contributed by atoms with Gasteiger partial charge < -0.3 is 9.15 Å². The van der Waals surface area contributed by atoms with Gasteiger partial charge in [0.2, 0.25) is 0 Å². The van der Waals surface area contributed by atoms with Crippen LogP contribution in [0.5, 0.6) is 5.75 Å². The Kier molecular flexibility index (Phi) is 4.58. The Morgan fingerprint density at radius 2 is 2.00 bits per heavy atom. The summed E-state index contributed by atoms with van der Waals surface area (Å²) in [5, 5.41) is 0.